The van der Waals surface area contributed by atoms with Crippen LogP contribution in [-0.4, -0.2) is 47.0 Å². The molecule has 6 nitrogen and oxygen atoms in total. The van der Waals surface area contributed by atoms with Gasteiger partial charge in [-0.3, -0.25) is 4.79 Å². The van der Waals surface area contributed by atoms with Crippen molar-refractivity contribution < 1.29 is 9.21 Å². The summed E-state index contributed by atoms with van der Waals surface area (Å²) in [7, 11) is 2.04. The number of anilines is 1. The van der Waals surface area contributed by atoms with Crippen molar-refractivity contribution in [2.45, 2.75) is 18.9 Å². The third kappa shape index (κ3) is 3.14. The largest absolute Gasteiger partial charge is 0.444 e. The molecule has 1 amide bonds. The van der Waals surface area contributed by atoms with Crippen LogP contribution in [0.4, 0.5) is 5.82 Å². The molecule has 22 heavy (non-hydrogen) atoms. The molecule has 3 heterocycles. The Morgan fingerprint density at radius 2 is 2.14 bits per heavy atom. The Hall–Kier alpha value is -1.89. The van der Waals surface area contributed by atoms with Crippen LogP contribution < -0.4 is 4.90 Å². The summed E-state index contributed by atoms with van der Waals surface area (Å²) in [5, 5.41) is 0. The minimum Gasteiger partial charge on any atom is -0.444 e. The molecule has 7 heteroatoms. The van der Waals surface area contributed by atoms with Crippen LogP contribution >= 0.6 is 15.9 Å². The fourth-order valence-electron chi connectivity index (χ4n) is 2.72. The zero-order valence-electron chi connectivity index (χ0n) is 12.3. The highest BCUT2D eigenvalue weighted by Crippen LogP contribution is 2.22. The van der Waals surface area contributed by atoms with Crippen molar-refractivity contribution in [1.82, 2.24) is 14.9 Å². The van der Waals surface area contributed by atoms with Crippen LogP contribution in [0.5, 0.6) is 0 Å². The molecule has 1 saturated heterocycles. The molecule has 2 aromatic heterocycles. The lowest BCUT2D eigenvalue weighted by molar-refractivity contribution is 0.0679. The summed E-state index contributed by atoms with van der Waals surface area (Å²) in [4.78, 5) is 24.6. The third-order valence-electron chi connectivity index (χ3n) is 4.01. The van der Waals surface area contributed by atoms with Crippen LogP contribution in [0.1, 0.15) is 23.4 Å². The van der Waals surface area contributed by atoms with Gasteiger partial charge in [-0.05, 0) is 47.0 Å². The van der Waals surface area contributed by atoms with Gasteiger partial charge in [-0.15, -0.1) is 0 Å². The minimum absolute atomic E-state index is 0.0474. The van der Waals surface area contributed by atoms with Crippen molar-refractivity contribution >= 4 is 27.7 Å². The Balaban J connectivity index is 1.59. The SMILES string of the molecule is CN(c1ccncn1)C1CCN(C(=O)c2ccc(Br)o2)CC1. The van der Waals surface area contributed by atoms with Gasteiger partial charge in [0.15, 0.2) is 10.4 Å². The number of furan rings is 1. The highest BCUT2D eigenvalue weighted by atomic mass is 79.9. The van der Waals surface area contributed by atoms with E-state index in [4.69, 9.17) is 4.42 Å². The summed E-state index contributed by atoms with van der Waals surface area (Å²) in [6.07, 6.45) is 5.12. The summed E-state index contributed by atoms with van der Waals surface area (Å²) >= 11 is 3.22. The first kappa shape index (κ1) is 15.0. The van der Waals surface area contributed by atoms with Gasteiger partial charge in [0, 0.05) is 32.4 Å². The molecule has 0 bridgehead atoms. The van der Waals surface area contributed by atoms with Gasteiger partial charge in [0.05, 0.1) is 0 Å². The molecule has 0 atom stereocenters. The highest BCUT2D eigenvalue weighted by Gasteiger charge is 2.27. The molecule has 116 valence electrons. The molecule has 1 aliphatic rings. The maximum atomic E-state index is 12.3. The van der Waals surface area contributed by atoms with E-state index in [1.54, 1.807) is 24.7 Å². The number of carbonyl (C=O) groups is 1. The number of hydrogen-bond acceptors (Lipinski definition) is 5. The van der Waals surface area contributed by atoms with Gasteiger partial charge in [-0.1, -0.05) is 0 Å². The predicted octanol–water partition coefficient (Wildman–Crippen LogP) is 2.57. The topological polar surface area (TPSA) is 62.5 Å². The number of halogens is 1. The first-order valence-corrected chi connectivity index (χ1v) is 7.98. The Labute approximate surface area is 137 Å². The highest BCUT2D eigenvalue weighted by molar-refractivity contribution is 9.10. The number of aromatic nitrogens is 2. The van der Waals surface area contributed by atoms with Crippen LogP contribution in [0.25, 0.3) is 0 Å². The number of rotatable bonds is 3. The zero-order chi connectivity index (χ0) is 15.5. The lowest BCUT2D eigenvalue weighted by Crippen LogP contribution is -2.45. The fraction of sp³-hybridized carbons (Fsp3) is 0.400. The summed E-state index contributed by atoms with van der Waals surface area (Å²) in [5.74, 6) is 1.25. The fourth-order valence-corrected chi connectivity index (χ4v) is 3.03. The Kier molecular flexibility index (Phi) is 4.42. The molecule has 0 unspecified atom stereocenters. The van der Waals surface area contributed by atoms with Crippen LogP contribution in [0.3, 0.4) is 0 Å². The Morgan fingerprint density at radius 1 is 1.36 bits per heavy atom. The number of carbonyl (C=O) groups excluding carboxylic acids is 1. The van der Waals surface area contributed by atoms with Crippen LogP contribution in [0.15, 0.2) is 39.8 Å². The summed E-state index contributed by atoms with van der Waals surface area (Å²) in [6, 6.07) is 5.72. The van der Waals surface area contributed by atoms with E-state index >= 15 is 0 Å². The van der Waals surface area contributed by atoms with Crippen LogP contribution in [0, 0.1) is 0 Å². The molecule has 1 fully saturated rings. The van der Waals surface area contributed by atoms with E-state index in [0.717, 1.165) is 31.7 Å². The van der Waals surface area contributed by atoms with Gasteiger partial charge >= 0.3 is 0 Å². The van der Waals surface area contributed by atoms with Crippen LogP contribution in [0.2, 0.25) is 0 Å². The molecule has 0 saturated carbocycles. The number of piperidine rings is 1. The molecule has 0 radical (unpaired) electrons. The second-order valence-electron chi connectivity index (χ2n) is 5.31. The van der Waals surface area contributed by atoms with E-state index in [9.17, 15) is 4.79 Å². The third-order valence-corrected chi connectivity index (χ3v) is 4.44. The second-order valence-corrected chi connectivity index (χ2v) is 6.09. The summed E-state index contributed by atoms with van der Waals surface area (Å²) in [6.45, 7) is 1.44. The van der Waals surface area contributed by atoms with E-state index in [2.05, 4.69) is 30.8 Å². The predicted molar refractivity (Wildman–Crippen MR) is 85.8 cm³/mol. The number of likely N-dealkylation sites (tertiary alicyclic amines) is 1. The van der Waals surface area contributed by atoms with Gasteiger partial charge in [-0.25, -0.2) is 9.97 Å². The van der Waals surface area contributed by atoms with E-state index in [1.165, 1.54) is 0 Å². The molecule has 2 aromatic rings. The van der Waals surface area contributed by atoms with E-state index in [0.29, 0.717) is 16.5 Å². The summed E-state index contributed by atoms with van der Waals surface area (Å²) in [5.41, 5.74) is 0. The Bertz CT molecular complexity index is 638. The van der Waals surface area contributed by atoms with Crippen molar-refractivity contribution in [3.8, 4) is 0 Å². The van der Waals surface area contributed by atoms with E-state index < -0.39 is 0 Å². The average molecular weight is 365 g/mol. The summed E-state index contributed by atoms with van der Waals surface area (Å²) < 4.78 is 5.92. The molecule has 0 N–H and O–H groups in total. The van der Waals surface area contributed by atoms with Crippen molar-refractivity contribution in [3.05, 3.63) is 41.2 Å². The van der Waals surface area contributed by atoms with Gasteiger partial charge in [-0.2, -0.15) is 0 Å². The number of amides is 1. The van der Waals surface area contributed by atoms with Crippen molar-refractivity contribution in [2.75, 3.05) is 25.0 Å². The molecule has 3 rings (SSSR count). The average Bonchev–Trinajstić information content (AvgIpc) is 3.01. The van der Waals surface area contributed by atoms with E-state index in [-0.39, 0.29) is 5.91 Å². The zero-order valence-corrected chi connectivity index (χ0v) is 13.9. The maximum Gasteiger partial charge on any atom is 0.289 e. The molecular weight excluding hydrogens is 348 g/mol. The molecule has 1 aliphatic heterocycles. The van der Waals surface area contributed by atoms with Gasteiger partial charge in [0.25, 0.3) is 5.91 Å². The van der Waals surface area contributed by atoms with Gasteiger partial charge in [0.1, 0.15) is 12.1 Å². The Morgan fingerprint density at radius 3 is 2.73 bits per heavy atom. The van der Waals surface area contributed by atoms with Gasteiger partial charge in [0.2, 0.25) is 0 Å². The quantitative estimate of drug-likeness (QED) is 0.837. The normalized spacial score (nSPS) is 15.8. The smallest absolute Gasteiger partial charge is 0.289 e. The monoisotopic (exact) mass is 364 g/mol. The minimum atomic E-state index is -0.0474. The molecule has 0 aromatic carbocycles. The number of hydrogen-bond donors (Lipinski definition) is 0. The van der Waals surface area contributed by atoms with Crippen molar-refractivity contribution in [2.24, 2.45) is 0 Å². The number of nitrogens with zero attached hydrogens (tertiary/aromatic N) is 4. The van der Waals surface area contributed by atoms with Crippen LogP contribution in [-0.2, 0) is 0 Å². The first-order chi connectivity index (χ1) is 10.6. The molecule has 0 aliphatic carbocycles. The van der Waals surface area contributed by atoms with E-state index in [1.807, 2.05) is 18.0 Å². The second kappa shape index (κ2) is 6.48. The van der Waals surface area contributed by atoms with Crippen molar-refractivity contribution in [3.63, 3.8) is 0 Å². The standard InChI is InChI=1S/C15H17BrN4O2/c1-19(14-4-7-17-10-18-14)11-5-8-20(9-6-11)15(21)12-2-3-13(16)22-12/h2-4,7,10-11H,5-6,8-9H2,1H3. The lowest BCUT2D eigenvalue weighted by atomic mass is 10.0. The lowest BCUT2D eigenvalue weighted by Gasteiger charge is -2.36. The maximum absolute atomic E-state index is 12.3. The molecular formula is C15H17BrN4O2. The van der Waals surface area contributed by atoms with Gasteiger partial charge < -0.3 is 14.2 Å². The molecule has 0 spiro atoms. The van der Waals surface area contributed by atoms with Crippen molar-refractivity contribution in [1.29, 1.82) is 0 Å². The first-order valence-electron chi connectivity index (χ1n) is 7.18.